The fraction of sp³-hybridized carbons (Fsp3) is 0.562. The Bertz CT molecular complexity index is 511. The second-order valence-corrected chi connectivity index (χ2v) is 5.72. The standard InChI is InChI=1S/C16H21NO4/c18-14-9-21-15-8-12(6-7-13(14)15)20-10-16(19)17-11-4-2-1-3-5-11/h6-8,11,14,18H,1-5,9-10H2,(H,17,19). The number of ether oxygens (including phenoxy) is 2. The summed E-state index contributed by atoms with van der Waals surface area (Å²) in [5.74, 6) is 1.14. The van der Waals surface area contributed by atoms with Crippen LogP contribution in [0.3, 0.4) is 0 Å². The van der Waals surface area contributed by atoms with E-state index in [4.69, 9.17) is 9.47 Å². The lowest BCUT2D eigenvalue weighted by molar-refractivity contribution is -0.124. The molecule has 0 spiro atoms. The first-order valence-electron chi connectivity index (χ1n) is 7.59. The fourth-order valence-electron chi connectivity index (χ4n) is 2.93. The topological polar surface area (TPSA) is 67.8 Å². The van der Waals surface area contributed by atoms with Gasteiger partial charge in [-0.25, -0.2) is 0 Å². The average molecular weight is 291 g/mol. The van der Waals surface area contributed by atoms with Crippen LogP contribution in [0.15, 0.2) is 18.2 Å². The van der Waals surface area contributed by atoms with E-state index in [0.717, 1.165) is 18.4 Å². The van der Waals surface area contributed by atoms with E-state index in [-0.39, 0.29) is 19.1 Å². The van der Waals surface area contributed by atoms with E-state index in [2.05, 4.69) is 5.32 Å². The Balaban J connectivity index is 1.49. The molecule has 114 valence electrons. The number of fused-ring (bicyclic) bond motifs is 1. The lowest BCUT2D eigenvalue weighted by Gasteiger charge is -2.22. The molecule has 1 aromatic rings. The van der Waals surface area contributed by atoms with Crippen LogP contribution in [0.5, 0.6) is 11.5 Å². The third-order valence-corrected chi connectivity index (χ3v) is 4.08. The molecule has 0 aromatic heterocycles. The number of nitrogens with one attached hydrogen (secondary N) is 1. The molecule has 1 heterocycles. The molecule has 1 aliphatic carbocycles. The molecule has 1 atom stereocenters. The first-order chi connectivity index (χ1) is 10.2. The molecule has 3 rings (SSSR count). The number of amides is 1. The summed E-state index contributed by atoms with van der Waals surface area (Å²) in [5, 5.41) is 12.7. The predicted octanol–water partition coefficient (Wildman–Crippen LogP) is 1.94. The molecule has 1 unspecified atom stereocenters. The quantitative estimate of drug-likeness (QED) is 0.889. The van der Waals surface area contributed by atoms with Crippen LogP contribution in [0.1, 0.15) is 43.8 Å². The van der Waals surface area contributed by atoms with E-state index in [1.54, 1.807) is 18.2 Å². The van der Waals surface area contributed by atoms with Crippen LogP contribution in [0, 0.1) is 0 Å². The van der Waals surface area contributed by atoms with Gasteiger partial charge in [-0.2, -0.15) is 0 Å². The Hall–Kier alpha value is -1.75. The van der Waals surface area contributed by atoms with E-state index in [1.807, 2.05) is 0 Å². The van der Waals surface area contributed by atoms with Crippen LogP contribution in [-0.4, -0.2) is 30.3 Å². The Morgan fingerprint density at radius 1 is 1.33 bits per heavy atom. The number of aliphatic hydroxyl groups excluding tert-OH is 1. The van der Waals surface area contributed by atoms with Crippen molar-refractivity contribution in [3.8, 4) is 11.5 Å². The SMILES string of the molecule is O=C(COc1ccc2c(c1)OCC2O)NC1CCCCC1. The van der Waals surface area contributed by atoms with E-state index < -0.39 is 6.10 Å². The summed E-state index contributed by atoms with van der Waals surface area (Å²) in [6, 6.07) is 5.55. The molecule has 5 heteroatoms. The third-order valence-electron chi connectivity index (χ3n) is 4.08. The van der Waals surface area contributed by atoms with Gasteiger partial charge in [0.05, 0.1) is 0 Å². The van der Waals surface area contributed by atoms with Crippen LogP contribution in [-0.2, 0) is 4.79 Å². The summed E-state index contributed by atoms with van der Waals surface area (Å²) in [6.45, 7) is 0.290. The minimum Gasteiger partial charge on any atom is -0.490 e. The molecular formula is C16H21NO4. The zero-order valence-electron chi connectivity index (χ0n) is 12.0. The number of hydrogen-bond acceptors (Lipinski definition) is 4. The van der Waals surface area contributed by atoms with Crippen molar-refractivity contribution >= 4 is 5.91 Å². The third kappa shape index (κ3) is 3.47. The number of carbonyl (C=O) groups excluding carboxylic acids is 1. The summed E-state index contributed by atoms with van der Waals surface area (Å²) in [4.78, 5) is 11.9. The van der Waals surface area contributed by atoms with Crippen LogP contribution < -0.4 is 14.8 Å². The van der Waals surface area contributed by atoms with Crippen LogP contribution >= 0.6 is 0 Å². The van der Waals surface area contributed by atoms with Crippen LogP contribution in [0.2, 0.25) is 0 Å². The lowest BCUT2D eigenvalue weighted by Crippen LogP contribution is -2.38. The van der Waals surface area contributed by atoms with Gasteiger partial charge in [-0.15, -0.1) is 0 Å². The van der Waals surface area contributed by atoms with Gasteiger partial charge in [-0.3, -0.25) is 4.79 Å². The number of aliphatic hydroxyl groups is 1. The summed E-state index contributed by atoms with van der Waals surface area (Å²) >= 11 is 0. The molecule has 5 nitrogen and oxygen atoms in total. The normalized spacial score (nSPS) is 21.5. The molecular weight excluding hydrogens is 270 g/mol. The van der Waals surface area contributed by atoms with Crippen LogP contribution in [0.25, 0.3) is 0 Å². The Labute approximate surface area is 124 Å². The molecule has 21 heavy (non-hydrogen) atoms. The van der Waals surface area contributed by atoms with Gasteiger partial charge in [-0.05, 0) is 25.0 Å². The molecule has 1 amide bonds. The highest BCUT2D eigenvalue weighted by Gasteiger charge is 2.22. The van der Waals surface area contributed by atoms with Gasteiger partial charge in [0, 0.05) is 17.7 Å². The van der Waals surface area contributed by atoms with E-state index >= 15 is 0 Å². The molecule has 2 N–H and O–H groups in total. The van der Waals surface area contributed by atoms with Gasteiger partial charge in [0.25, 0.3) is 5.91 Å². The van der Waals surface area contributed by atoms with Crippen molar-refractivity contribution in [2.75, 3.05) is 13.2 Å². The Kier molecular flexibility index (Phi) is 4.29. The first-order valence-corrected chi connectivity index (χ1v) is 7.59. The smallest absolute Gasteiger partial charge is 0.258 e. The van der Waals surface area contributed by atoms with E-state index in [9.17, 15) is 9.90 Å². The largest absolute Gasteiger partial charge is 0.490 e. The van der Waals surface area contributed by atoms with E-state index in [0.29, 0.717) is 17.5 Å². The van der Waals surface area contributed by atoms with Crippen molar-refractivity contribution < 1.29 is 19.4 Å². The van der Waals surface area contributed by atoms with Crippen molar-refractivity contribution in [3.05, 3.63) is 23.8 Å². The second kappa shape index (κ2) is 6.35. The van der Waals surface area contributed by atoms with Crippen molar-refractivity contribution in [3.63, 3.8) is 0 Å². The molecule has 0 radical (unpaired) electrons. The molecule has 0 bridgehead atoms. The number of benzene rings is 1. The van der Waals surface area contributed by atoms with Crippen molar-refractivity contribution in [2.24, 2.45) is 0 Å². The summed E-state index contributed by atoms with van der Waals surface area (Å²) < 4.78 is 10.8. The molecule has 2 aliphatic rings. The van der Waals surface area contributed by atoms with Gasteiger partial charge in [0.1, 0.15) is 24.2 Å². The lowest BCUT2D eigenvalue weighted by atomic mass is 9.95. The number of rotatable bonds is 4. The second-order valence-electron chi connectivity index (χ2n) is 5.72. The van der Waals surface area contributed by atoms with Crippen molar-refractivity contribution in [1.29, 1.82) is 0 Å². The monoisotopic (exact) mass is 291 g/mol. The van der Waals surface area contributed by atoms with E-state index in [1.165, 1.54) is 19.3 Å². The Morgan fingerprint density at radius 2 is 2.14 bits per heavy atom. The molecule has 1 aliphatic heterocycles. The summed E-state index contributed by atoms with van der Waals surface area (Å²) in [5.41, 5.74) is 0.772. The Morgan fingerprint density at radius 3 is 2.95 bits per heavy atom. The van der Waals surface area contributed by atoms with Gasteiger partial charge in [0.15, 0.2) is 6.61 Å². The maximum Gasteiger partial charge on any atom is 0.258 e. The average Bonchev–Trinajstić information content (AvgIpc) is 2.87. The van der Waals surface area contributed by atoms with Gasteiger partial charge in [-0.1, -0.05) is 19.3 Å². The molecule has 1 fully saturated rings. The van der Waals surface area contributed by atoms with Crippen LogP contribution in [0.4, 0.5) is 0 Å². The zero-order chi connectivity index (χ0) is 14.7. The molecule has 0 saturated heterocycles. The maximum absolute atomic E-state index is 11.9. The maximum atomic E-state index is 11.9. The van der Waals surface area contributed by atoms with Gasteiger partial charge in [0.2, 0.25) is 0 Å². The number of carbonyl (C=O) groups is 1. The molecule has 1 aromatic carbocycles. The minimum absolute atomic E-state index is 0.0117. The van der Waals surface area contributed by atoms with Crippen molar-refractivity contribution in [2.45, 2.75) is 44.2 Å². The summed E-state index contributed by atoms with van der Waals surface area (Å²) in [7, 11) is 0. The highest BCUT2D eigenvalue weighted by molar-refractivity contribution is 5.77. The van der Waals surface area contributed by atoms with Gasteiger partial charge >= 0.3 is 0 Å². The van der Waals surface area contributed by atoms with Gasteiger partial charge < -0.3 is 19.9 Å². The predicted molar refractivity (Wildman–Crippen MR) is 77.4 cm³/mol. The highest BCUT2D eigenvalue weighted by Crippen LogP contribution is 2.34. The zero-order valence-corrected chi connectivity index (χ0v) is 12.0. The minimum atomic E-state index is -0.566. The fourth-order valence-corrected chi connectivity index (χ4v) is 2.93. The first kappa shape index (κ1) is 14.2. The van der Waals surface area contributed by atoms with Crippen molar-refractivity contribution in [1.82, 2.24) is 5.32 Å². The summed E-state index contributed by atoms with van der Waals surface area (Å²) in [6.07, 6.45) is 5.21. The highest BCUT2D eigenvalue weighted by atomic mass is 16.5. The number of hydrogen-bond donors (Lipinski definition) is 2. The molecule has 1 saturated carbocycles.